The zero-order chi connectivity index (χ0) is 13.2. The number of aromatic nitrogens is 2. The van der Waals surface area contributed by atoms with Gasteiger partial charge in [0, 0.05) is 11.8 Å². The van der Waals surface area contributed by atoms with Crippen LogP contribution in [-0.4, -0.2) is 15.7 Å². The molecule has 0 saturated heterocycles. The number of thioether (sulfide) groups is 1. The first-order chi connectivity index (χ1) is 9.28. The van der Waals surface area contributed by atoms with Crippen molar-refractivity contribution in [2.75, 3.05) is 5.75 Å². The van der Waals surface area contributed by atoms with Gasteiger partial charge < -0.3 is 0 Å². The predicted molar refractivity (Wildman–Crippen MR) is 84.0 cm³/mol. The Hall–Kier alpha value is -1.39. The largest absolute Gasteiger partial charge is 0.249 e. The standard InChI is InChI=1S/C15H14N2S2/c1-3-18-14-11(5-4-8-16-14)15-17-12-9-10(2)6-7-13(12)19-15/h4-9H,3H2,1-2H3. The molecular weight excluding hydrogens is 272 g/mol. The third kappa shape index (κ3) is 2.51. The summed E-state index contributed by atoms with van der Waals surface area (Å²) < 4.78 is 1.23. The van der Waals surface area contributed by atoms with E-state index in [1.165, 1.54) is 10.3 Å². The molecule has 0 amide bonds. The Kier molecular flexibility index (Phi) is 3.53. The summed E-state index contributed by atoms with van der Waals surface area (Å²) in [5.41, 5.74) is 3.48. The molecule has 2 nitrogen and oxygen atoms in total. The topological polar surface area (TPSA) is 25.8 Å². The molecule has 0 radical (unpaired) electrons. The minimum Gasteiger partial charge on any atom is -0.249 e. The average Bonchev–Trinajstić information content (AvgIpc) is 2.82. The summed E-state index contributed by atoms with van der Waals surface area (Å²) in [6.07, 6.45) is 1.85. The van der Waals surface area contributed by atoms with Gasteiger partial charge in [0.15, 0.2) is 0 Å². The summed E-state index contributed by atoms with van der Waals surface area (Å²) in [7, 11) is 0. The molecule has 0 saturated carbocycles. The van der Waals surface area contributed by atoms with Gasteiger partial charge in [-0.3, -0.25) is 0 Å². The van der Waals surface area contributed by atoms with Gasteiger partial charge in [-0.05, 0) is 42.5 Å². The van der Waals surface area contributed by atoms with Crippen molar-refractivity contribution in [1.82, 2.24) is 9.97 Å². The van der Waals surface area contributed by atoms with Gasteiger partial charge >= 0.3 is 0 Å². The number of pyridine rings is 1. The lowest BCUT2D eigenvalue weighted by Crippen LogP contribution is -1.85. The number of hydrogen-bond donors (Lipinski definition) is 0. The highest BCUT2D eigenvalue weighted by molar-refractivity contribution is 7.99. The fourth-order valence-corrected chi connectivity index (χ4v) is 3.72. The van der Waals surface area contributed by atoms with Gasteiger partial charge in [-0.2, -0.15) is 0 Å². The maximum absolute atomic E-state index is 4.75. The highest BCUT2D eigenvalue weighted by Gasteiger charge is 2.11. The zero-order valence-corrected chi connectivity index (χ0v) is 12.5. The fourth-order valence-electron chi connectivity index (χ4n) is 1.96. The number of fused-ring (bicyclic) bond motifs is 1. The van der Waals surface area contributed by atoms with Crippen LogP contribution >= 0.6 is 23.1 Å². The maximum atomic E-state index is 4.75. The van der Waals surface area contributed by atoms with Crippen LogP contribution < -0.4 is 0 Å². The zero-order valence-electron chi connectivity index (χ0n) is 10.9. The molecule has 3 rings (SSSR count). The summed E-state index contributed by atoms with van der Waals surface area (Å²) in [4.78, 5) is 9.21. The maximum Gasteiger partial charge on any atom is 0.127 e. The molecular formula is C15H14N2S2. The molecule has 2 heterocycles. The van der Waals surface area contributed by atoms with Crippen molar-refractivity contribution in [3.05, 3.63) is 42.1 Å². The Morgan fingerprint density at radius 3 is 3.00 bits per heavy atom. The van der Waals surface area contributed by atoms with E-state index >= 15 is 0 Å². The van der Waals surface area contributed by atoms with Gasteiger partial charge in [0.25, 0.3) is 0 Å². The molecule has 0 aliphatic heterocycles. The summed E-state index contributed by atoms with van der Waals surface area (Å²) in [6, 6.07) is 10.5. The monoisotopic (exact) mass is 286 g/mol. The molecule has 0 fully saturated rings. The SMILES string of the molecule is CCSc1ncccc1-c1nc2cc(C)ccc2s1. The van der Waals surface area contributed by atoms with Crippen molar-refractivity contribution in [1.29, 1.82) is 0 Å². The Bertz CT molecular complexity index is 719. The molecule has 0 atom stereocenters. The van der Waals surface area contributed by atoms with Crippen LogP contribution in [0.3, 0.4) is 0 Å². The van der Waals surface area contributed by atoms with Crippen molar-refractivity contribution < 1.29 is 0 Å². The predicted octanol–water partition coefficient (Wildman–Crippen LogP) is 4.78. The molecule has 0 bridgehead atoms. The Labute approximate surface area is 120 Å². The molecule has 0 spiro atoms. The molecule has 19 heavy (non-hydrogen) atoms. The number of nitrogens with zero attached hydrogens (tertiary/aromatic N) is 2. The molecule has 1 aromatic carbocycles. The van der Waals surface area contributed by atoms with Crippen molar-refractivity contribution in [2.24, 2.45) is 0 Å². The molecule has 0 aliphatic rings. The van der Waals surface area contributed by atoms with E-state index < -0.39 is 0 Å². The highest BCUT2D eigenvalue weighted by atomic mass is 32.2. The number of hydrogen-bond acceptors (Lipinski definition) is 4. The van der Waals surface area contributed by atoms with Gasteiger partial charge in [0.2, 0.25) is 0 Å². The first-order valence-electron chi connectivity index (χ1n) is 6.23. The van der Waals surface area contributed by atoms with Crippen LogP contribution in [0, 0.1) is 6.92 Å². The van der Waals surface area contributed by atoms with Gasteiger partial charge in [-0.1, -0.05) is 13.0 Å². The van der Waals surface area contributed by atoms with Crippen molar-refractivity contribution in [3.63, 3.8) is 0 Å². The fraction of sp³-hybridized carbons (Fsp3) is 0.200. The lowest BCUT2D eigenvalue weighted by molar-refractivity contribution is 1.13. The van der Waals surface area contributed by atoms with E-state index in [1.807, 2.05) is 12.3 Å². The lowest BCUT2D eigenvalue weighted by atomic mass is 10.2. The van der Waals surface area contributed by atoms with Crippen LogP contribution in [0.4, 0.5) is 0 Å². The number of rotatable bonds is 3. The quantitative estimate of drug-likeness (QED) is 0.648. The van der Waals surface area contributed by atoms with Crippen molar-refractivity contribution >= 4 is 33.3 Å². The highest BCUT2D eigenvalue weighted by Crippen LogP contribution is 2.35. The Balaban J connectivity index is 2.13. The van der Waals surface area contributed by atoms with Crippen LogP contribution in [0.5, 0.6) is 0 Å². The van der Waals surface area contributed by atoms with Crippen molar-refractivity contribution in [2.45, 2.75) is 18.9 Å². The number of aryl methyl sites for hydroxylation is 1. The van der Waals surface area contributed by atoms with Crippen LogP contribution in [0.15, 0.2) is 41.6 Å². The second kappa shape index (κ2) is 5.31. The molecule has 0 aliphatic carbocycles. The third-order valence-corrected chi connectivity index (χ3v) is 4.78. The summed E-state index contributed by atoms with van der Waals surface area (Å²) in [6.45, 7) is 4.24. The first kappa shape index (κ1) is 12.6. The van der Waals surface area contributed by atoms with Gasteiger partial charge in [-0.15, -0.1) is 23.1 Å². The van der Waals surface area contributed by atoms with E-state index in [2.05, 4.69) is 43.1 Å². The van der Waals surface area contributed by atoms with E-state index in [4.69, 9.17) is 4.98 Å². The second-order valence-electron chi connectivity index (χ2n) is 4.28. The molecule has 0 unspecified atom stereocenters. The van der Waals surface area contributed by atoms with E-state index in [9.17, 15) is 0 Å². The van der Waals surface area contributed by atoms with Crippen LogP contribution in [-0.2, 0) is 0 Å². The first-order valence-corrected chi connectivity index (χ1v) is 8.03. The Morgan fingerprint density at radius 1 is 1.26 bits per heavy atom. The molecule has 96 valence electrons. The lowest BCUT2D eigenvalue weighted by Gasteiger charge is -2.02. The van der Waals surface area contributed by atoms with E-state index in [0.29, 0.717) is 0 Å². The van der Waals surface area contributed by atoms with Crippen molar-refractivity contribution in [3.8, 4) is 10.6 Å². The summed E-state index contributed by atoms with van der Waals surface area (Å²) >= 11 is 3.50. The normalized spacial score (nSPS) is 11.1. The summed E-state index contributed by atoms with van der Waals surface area (Å²) in [5, 5.41) is 2.13. The minimum absolute atomic E-state index is 1.02. The van der Waals surface area contributed by atoms with E-state index in [0.717, 1.165) is 26.9 Å². The molecule has 4 heteroatoms. The number of benzene rings is 1. The third-order valence-electron chi connectivity index (χ3n) is 2.83. The van der Waals surface area contributed by atoms with Gasteiger partial charge in [-0.25, -0.2) is 9.97 Å². The van der Waals surface area contributed by atoms with Gasteiger partial charge in [0.05, 0.1) is 10.2 Å². The molecule has 2 aromatic heterocycles. The van der Waals surface area contributed by atoms with Crippen LogP contribution in [0.1, 0.15) is 12.5 Å². The minimum atomic E-state index is 1.02. The molecule has 3 aromatic rings. The van der Waals surface area contributed by atoms with Crippen LogP contribution in [0.2, 0.25) is 0 Å². The van der Waals surface area contributed by atoms with E-state index in [1.54, 1.807) is 23.1 Å². The molecule has 0 N–H and O–H groups in total. The van der Waals surface area contributed by atoms with Crippen LogP contribution in [0.25, 0.3) is 20.8 Å². The Morgan fingerprint density at radius 2 is 2.16 bits per heavy atom. The smallest absolute Gasteiger partial charge is 0.127 e. The second-order valence-corrected chi connectivity index (χ2v) is 6.56. The van der Waals surface area contributed by atoms with E-state index in [-0.39, 0.29) is 0 Å². The number of thiazole rings is 1. The summed E-state index contributed by atoms with van der Waals surface area (Å²) in [5.74, 6) is 1.02. The van der Waals surface area contributed by atoms with Gasteiger partial charge in [0.1, 0.15) is 10.0 Å². The average molecular weight is 286 g/mol.